The molecule has 0 aliphatic carbocycles. The average molecular weight is 426 g/mol. The van der Waals surface area contributed by atoms with Crippen molar-refractivity contribution in [1.82, 2.24) is 0 Å². The first-order chi connectivity index (χ1) is 8.88. The van der Waals surface area contributed by atoms with Gasteiger partial charge in [-0.1, -0.05) is 23.2 Å². The van der Waals surface area contributed by atoms with Crippen LogP contribution in [0.1, 0.15) is 5.56 Å². The predicted molar refractivity (Wildman–Crippen MR) is 87.5 cm³/mol. The first kappa shape index (κ1) is 15.0. The van der Waals surface area contributed by atoms with E-state index >= 15 is 0 Å². The second-order valence-corrected chi connectivity index (χ2v) is 6.46. The minimum atomic E-state index is 0.470. The fraction of sp³-hybridized carbons (Fsp3) is 0.0769. The second kappa shape index (κ2) is 5.92. The van der Waals surface area contributed by atoms with E-state index < -0.39 is 0 Å². The van der Waals surface area contributed by atoms with Crippen LogP contribution in [0.25, 0.3) is 0 Å². The summed E-state index contributed by atoms with van der Waals surface area (Å²) in [7, 11) is 0. The van der Waals surface area contributed by atoms with Gasteiger partial charge in [-0.05, 0) is 62.5 Å². The van der Waals surface area contributed by atoms with E-state index in [2.05, 4.69) is 31.9 Å². The number of hydrogen-bond donors (Lipinski definition) is 1. The van der Waals surface area contributed by atoms with Crippen molar-refractivity contribution in [3.05, 3.63) is 48.8 Å². The molecular weight excluding hydrogens is 417 g/mol. The number of hydrogen-bond acceptors (Lipinski definition) is 2. The van der Waals surface area contributed by atoms with E-state index in [9.17, 15) is 0 Å². The van der Waals surface area contributed by atoms with Gasteiger partial charge in [0.1, 0.15) is 11.5 Å². The van der Waals surface area contributed by atoms with E-state index in [-0.39, 0.29) is 0 Å². The molecule has 0 amide bonds. The van der Waals surface area contributed by atoms with Gasteiger partial charge in [0.15, 0.2) is 0 Å². The molecule has 0 radical (unpaired) electrons. The third-order valence-electron chi connectivity index (χ3n) is 2.52. The van der Waals surface area contributed by atoms with Crippen LogP contribution in [0.5, 0.6) is 11.5 Å². The van der Waals surface area contributed by atoms with Crippen molar-refractivity contribution in [3.63, 3.8) is 0 Å². The number of nitrogens with two attached hydrogens (primary N) is 1. The quantitative estimate of drug-likeness (QED) is 0.459. The highest BCUT2D eigenvalue weighted by Crippen LogP contribution is 2.39. The lowest BCUT2D eigenvalue weighted by Crippen LogP contribution is -1.93. The van der Waals surface area contributed by atoms with Crippen LogP contribution in [-0.2, 0) is 0 Å². The van der Waals surface area contributed by atoms with Crippen LogP contribution >= 0.6 is 55.1 Å². The molecule has 2 nitrogen and oxygen atoms in total. The summed E-state index contributed by atoms with van der Waals surface area (Å²) in [4.78, 5) is 0. The molecule has 0 spiro atoms. The van der Waals surface area contributed by atoms with E-state index in [1.54, 1.807) is 18.2 Å². The van der Waals surface area contributed by atoms with Crippen LogP contribution in [0, 0.1) is 6.92 Å². The highest BCUT2D eigenvalue weighted by molar-refractivity contribution is 9.10. The molecule has 19 heavy (non-hydrogen) atoms. The van der Waals surface area contributed by atoms with Crippen LogP contribution < -0.4 is 10.5 Å². The molecular formula is C13H9Br2Cl2NO. The maximum atomic E-state index is 6.12. The molecule has 0 bridgehead atoms. The van der Waals surface area contributed by atoms with Crippen LogP contribution in [0.3, 0.4) is 0 Å². The van der Waals surface area contributed by atoms with Crippen molar-refractivity contribution in [2.24, 2.45) is 0 Å². The minimum Gasteiger partial charge on any atom is -0.455 e. The summed E-state index contributed by atoms with van der Waals surface area (Å²) >= 11 is 18.9. The van der Waals surface area contributed by atoms with Gasteiger partial charge in [-0.15, -0.1) is 0 Å². The third-order valence-corrected chi connectivity index (χ3v) is 4.63. The molecule has 0 saturated heterocycles. The van der Waals surface area contributed by atoms with E-state index in [1.807, 2.05) is 13.0 Å². The van der Waals surface area contributed by atoms with Crippen molar-refractivity contribution in [2.75, 3.05) is 5.73 Å². The van der Waals surface area contributed by atoms with Gasteiger partial charge in [-0.3, -0.25) is 0 Å². The number of ether oxygens (including phenoxy) is 1. The number of benzene rings is 2. The normalized spacial score (nSPS) is 10.6. The van der Waals surface area contributed by atoms with Crippen LogP contribution in [-0.4, -0.2) is 0 Å². The summed E-state index contributed by atoms with van der Waals surface area (Å²) in [6.07, 6.45) is 0. The zero-order valence-corrected chi connectivity index (χ0v) is 14.5. The summed E-state index contributed by atoms with van der Waals surface area (Å²) in [6, 6.07) is 6.98. The van der Waals surface area contributed by atoms with Crippen LogP contribution in [0.2, 0.25) is 10.0 Å². The molecule has 0 aliphatic rings. The summed E-state index contributed by atoms with van der Waals surface area (Å²) in [5.41, 5.74) is 7.44. The van der Waals surface area contributed by atoms with Crippen molar-refractivity contribution in [1.29, 1.82) is 0 Å². The first-order valence-electron chi connectivity index (χ1n) is 5.26. The number of aryl methyl sites for hydroxylation is 1. The molecule has 0 unspecified atom stereocenters. The Hall–Kier alpha value is -0.420. The van der Waals surface area contributed by atoms with Crippen molar-refractivity contribution < 1.29 is 4.74 Å². The van der Waals surface area contributed by atoms with Crippen LogP contribution in [0.4, 0.5) is 5.69 Å². The molecule has 0 aromatic heterocycles. The largest absolute Gasteiger partial charge is 0.455 e. The molecule has 2 aromatic rings. The molecule has 100 valence electrons. The van der Waals surface area contributed by atoms with Crippen molar-refractivity contribution in [2.45, 2.75) is 6.92 Å². The number of rotatable bonds is 2. The van der Waals surface area contributed by atoms with Crippen molar-refractivity contribution in [3.8, 4) is 11.5 Å². The minimum absolute atomic E-state index is 0.470. The molecule has 0 fully saturated rings. The van der Waals surface area contributed by atoms with Gasteiger partial charge in [0, 0.05) is 16.2 Å². The zero-order valence-electron chi connectivity index (χ0n) is 9.81. The summed E-state index contributed by atoms with van der Waals surface area (Å²) in [5.74, 6) is 1.12. The predicted octanol–water partition coefficient (Wildman–Crippen LogP) is 6.20. The molecule has 2 rings (SSSR count). The third kappa shape index (κ3) is 3.37. The molecule has 0 aliphatic heterocycles. The SMILES string of the molecule is Cc1cc(Oc2cc(Cl)c(Br)cc2Cl)c(Br)cc1N. The van der Waals surface area contributed by atoms with E-state index in [0.717, 1.165) is 14.5 Å². The fourth-order valence-electron chi connectivity index (χ4n) is 1.45. The molecule has 2 N–H and O–H groups in total. The highest BCUT2D eigenvalue weighted by atomic mass is 79.9. The van der Waals surface area contributed by atoms with Gasteiger partial charge in [0.2, 0.25) is 0 Å². The van der Waals surface area contributed by atoms with Crippen molar-refractivity contribution >= 4 is 60.7 Å². The molecule has 2 aromatic carbocycles. The van der Waals surface area contributed by atoms with Gasteiger partial charge in [0.05, 0.1) is 14.5 Å². The fourth-order valence-corrected chi connectivity index (χ4v) is 2.72. The second-order valence-electron chi connectivity index (χ2n) is 3.94. The Kier molecular flexibility index (Phi) is 4.66. The Balaban J connectivity index is 2.42. The lowest BCUT2D eigenvalue weighted by molar-refractivity contribution is 0.479. The lowest BCUT2D eigenvalue weighted by Gasteiger charge is -2.12. The Morgan fingerprint density at radius 3 is 2.32 bits per heavy atom. The van der Waals surface area contributed by atoms with Gasteiger partial charge < -0.3 is 10.5 Å². The Labute approximate surface area is 138 Å². The maximum Gasteiger partial charge on any atom is 0.147 e. The number of nitrogen functional groups attached to an aromatic ring is 1. The molecule has 6 heteroatoms. The smallest absolute Gasteiger partial charge is 0.147 e. The van der Waals surface area contributed by atoms with Gasteiger partial charge in [-0.25, -0.2) is 0 Å². The van der Waals surface area contributed by atoms with E-state index in [0.29, 0.717) is 27.2 Å². The summed E-state index contributed by atoms with van der Waals surface area (Å²) in [5, 5.41) is 1.00. The van der Waals surface area contributed by atoms with Crippen LogP contribution in [0.15, 0.2) is 33.2 Å². The van der Waals surface area contributed by atoms with Gasteiger partial charge in [0.25, 0.3) is 0 Å². The molecule has 0 atom stereocenters. The average Bonchev–Trinajstić information content (AvgIpc) is 2.32. The monoisotopic (exact) mass is 423 g/mol. The van der Waals surface area contributed by atoms with Gasteiger partial charge in [-0.2, -0.15) is 0 Å². The van der Waals surface area contributed by atoms with Gasteiger partial charge >= 0.3 is 0 Å². The first-order valence-corrected chi connectivity index (χ1v) is 7.60. The lowest BCUT2D eigenvalue weighted by atomic mass is 10.2. The standard InChI is InChI=1S/C13H9Br2Cl2NO/c1-6-2-12(8(15)4-11(6)18)19-13-5-9(16)7(14)3-10(13)17/h2-5H,18H2,1H3. The number of anilines is 1. The van der Waals surface area contributed by atoms with E-state index in [4.69, 9.17) is 33.7 Å². The topological polar surface area (TPSA) is 35.2 Å². The Morgan fingerprint density at radius 2 is 1.63 bits per heavy atom. The Bertz CT molecular complexity index is 592. The zero-order chi connectivity index (χ0) is 14.2. The summed E-state index contributed by atoms with van der Waals surface area (Å²) < 4.78 is 7.25. The maximum absolute atomic E-state index is 6.12. The Morgan fingerprint density at radius 1 is 0.947 bits per heavy atom. The highest BCUT2D eigenvalue weighted by Gasteiger charge is 2.11. The number of halogens is 4. The van der Waals surface area contributed by atoms with E-state index in [1.165, 1.54) is 0 Å². The molecule has 0 saturated carbocycles. The summed E-state index contributed by atoms with van der Waals surface area (Å²) in [6.45, 7) is 1.91. The molecule has 0 heterocycles.